The van der Waals surface area contributed by atoms with Gasteiger partial charge in [0.1, 0.15) is 11.6 Å². The number of methoxy groups -OCH3 is 1. The zero-order chi connectivity index (χ0) is 17.8. The van der Waals surface area contributed by atoms with Crippen molar-refractivity contribution < 1.29 is 4.74 Å². The number of anilines is 4. The molecule has 5 heteroatoms. The topological polar surface area (TPSA) is 59.1 Å². The van der Waals surface area contributed by atoms with Crippen LogP contribution in [0.15, 0.2) is 48.5 Å². The van der Waals surface area contributed by atoms with Crippen molar-refractivity contribution in [3.05, 3.63) is 65.4 Å². The third-order valence-corrected chi connectivity index (χ3v) is 3.84. The Hall–Kier alpha value is -3.08. The van der Waals surface area contributed by atoms with Crippen LogP contribution < -0.4 is 15.4 Å². The van der Waals surface area contributed by atoms with Gasteiger partial charge < -0.3 is 15.4 Å². The van der Waals surface area contributed by atoms with E-state index in [1.54, 1.807) is 7.11 Å². The van der Waals surface area contributed by atoms with E-state index >= 15 is 0 Å². The normalized spacial score (nSPS) is 10.4. The van der Waals surface area contributed by atoms with Gasteiger partial charge in [0.05, 0.1) is 7.11 Å². The molecule has 2 aromatic carbocycles. The van der Waals surface area contributed by atoms with Crippen molar-refractivity contribution in [1.29, 1.82) is 0 Å². The van der Waals surface area contributed by atoms with Crippen molar-refractivity contribution in [2.45, 2.75) is 20.8 Å². The average Bonchev–Trinajstić information content (AvgIpc) is 2.58. The third kappa shape index (κ3) is 4.26. The first-order valence-corrected chi connectivity index (χ1v) is 8.14. The van der Waals surface area contributed by atoms with Gasteiger partial charge in [-0.05, 0) is 50.1 Å². The molecule has 1 aromatic heterocycles. The summed E-state index contributed by atoms with van der Waals surface area (Å²) < 4.78 is 5.26. The molecule has 0 aliphatic rings. The van der Waals surface area contributed by atoms with Gasteiger partial charge in [-0.1, -0.05) is 18.2 Å². The van der Waals surface area contributed by atoms with Crippen LogP contribution in [-0.2, 0) is 0 Å². The zero-order valence-electron chi connectivity index (χ0n) is 14.9. The Morgan fingerprint density at radius 2 is 1.72 bits per heavy atom. The average molecular weight is 334 g/mol. The highest BCUT2D eigenvalue weighted by Crippen LogP contribution is 2.23. The Kier molecular flexibility index (Phi) is 4.84. The summed E-state index contributed by atoms with van der Waals surface area (Å²) in [6.07, 6.45) is 0. The molecule has 0 amide bonds. The highest BCUT2D eigenvalue weighted by Gasteiger charge is 2.06. The van der Waals surface area contributed by atoms with Gasteiger partial charge in [0.25, 0.3) is 0 Å². The lowest BCUT2D eigenvalue weighted by molar-refractivity contribution is 0.415. The quantitative estimate of drug-likeness (QED) is 0.695. The minimum absolute atomic E-state index is 0.569. The Morgan fingerprint density at radius 3 is 2.52 bits per heavy atom. The molecule has 0 atom stereocenters. The van der Waals surface area contributed by atoms with Gasteiger partial charge in [-0.2, -0.15) is 4.98 Å². The summed E-state index contributed by atoms with van der Waals surface area (Å²) in [6.45, 7) is 6.08. The van der Waals surface area contributed by atoms with E-state index < -0.39 is 0 Å². The number of ether oxygens (including phenoxy) is 1. The Bertz CT molecular complexity index is 893. The van der Waals surface area contributed by atoms with Crippen molar-refractivity contribution in [3.63, 3.8) is 0 Å². The molecule has 3 rings (SSSR count). The lowest BCUT2D eigenvalue weighted by Crippen LogP contribution is -2.03. The van der Waals surface area contributed by atoms with Crippen LogP contribution >= 0.6 is 0 Å². The van der Waals surface area contributed by atoms with E-state index in [9.17, 15) is 0 Å². The fourth-order valence-corrected chi connectivity index (χ4v) is 2.53. The summed E-state index contributed by atoms with van der Waals surface area (Å²) in [5.74, 6) is 2.09. The van der Waals surface area contributed by atoms with E-state index in [-0.39, 0.29) is 0 Å². The van der Waals surface area contributed by atoms with Crippen LogP contribution in [0.25, 0.3) is 0 Å². The van der Waals surface area contributed by atoms with Gasteiger partial charge in [-0.25, -0.2) is 4.98 Å². The van der Waals surface area contributed by atoms with Gasteiger partial charge >= 0.3 is 0 Å². The number of nitrogens with one attached hydrogen (secondary N) is 2. The van der Waals surface area contributed by atoms with Crippen molar-refractivity contribution in [2.75, 3.05) is 17.7 Å². The molecule has 0 aliphatic carbocycles. The van der Waals surface area contributed by atoms with E-state index in [4.69, 9.17) is 4.74 Å². The van der Waals surface area contributed by atoms with Crippen LogP contribution in [0.5, 0.6) is 5.75 Å². The van der Waals surface area contributed by atoms with Crippen molar-refractivity contribution in [1.82, 2.24) is 9.97 Å². The largest absolute Gasteiger partial charge is 0.497 e. The monoisotopic (exact) mass is 334 g/mol. The second-order valence-corrected chi connectivity index (χ2v) is 6.02. The van der Waals surface area contributed by atoms with Gasteiger partial charge in [-0.15, -0.1) is 0 Å². The molecular weight excluding hydrogens is 312 g/mol. The maximum absolute atomic E-state index is 5.26. The van der Waals surface area contributed by atoms with E-state index in [0.717, 1.165) is 34.2 Å². The summed E-state index contributed by atoms with van der Waals surface area (Å²) in [5, 5.41) is 6.62. The van der Waals surface area contributed by atoms with Gasteiger partial charge in [0.15, 0.2) is 0 Å². The first-order valence-electron chi connectivity index (χ1n) is 8.14. The summed E-state index contributed by atoms with van der Waals surface area (Å²) in [7, 11) is 1.65. The molecule has 25 heavy (non-hydrogen) atoms. The lowest BCUT2D eigenvalue weighted by Gasteiger charge is -2.12. The zero-order valence-corrected chi connectivity index (χ0v) is 14.9. The van der Waals surface area contributed by atoms with Crippen LogP contribution in [0.3, 0.4) is 0 Å². The SMILES string of the molecule is COc1cccc(Nc2cc(C)nc(Nc3cc(C)ccc3C)n2)c1. The lowest BCUT2D eigenvalue weighted by atomic mass is 10.1. The molecule has 0 radical (unpaired) electrons. The van der Waals surface area contributed by atoms with Crippen LogP contribution in [-0.4, -0.2) is 17.1 Å². The third-order valence-electron chi connectivity index (χ3n) is 3.84. The summed E-state index contributed by atoms with van der Waals surface area (Å²) in [5.41, 5.74) is 5.15. The molecule has 3 aromatic rings. The Balaban J connectivity index is 1.86. The second-order valence-electron chi connectivity index (χ2n) is 6.02. The molecule has 128 valence electrons. The fraction of sp³-hybridized carbons (Fsp3) is 0.200. The highest BCUT2D eigenvalue weighted by atomic mass is 16.5. The van der Waals surface area contributed by atoms with Gasteiger partial charge in [0, 0.05) is 29.2 Å². The van der Waals surface area contributed by atoms with Gasteiger partial charge in [0.2, 0.25) is 5.95 Å². The Morgan fingerprint density at radius 1 is 0.880 bits per heavy atom. The summed E-state index contributed by atoms with van der Waals surface area (Å²) in [6, 6.07) is 15.9. The van der Waals surface area contributed by atoms with Crippen LogP contribution in [0.2, 0.25) is 0 Å². The van der Waals surface area contributed by atoms with Gasteiger partial charge in [-0.3, -0.25) is 0 Å². The molecule has 0 unspecified atom stereocenters. The number of aromatic nitrogens is 2. The second kappa shape index (κ2) is 7.21. The van der Waals surface area contributed by atoms with Crippen LogP contribution in [0, 0.1) is 20.8 Å². The summed E-state index contributed by atoms with van der Waals surface area (Å²) >= 11 is 0. The van der Waals surface area contributed by atoms with Crippen LogP contribution in [0.1, 0.15) is 16.8 Å². The first kappa shape index (κ1) is 16.8. The first-order chi connectivity index (χ1) is 12.0. The number of rotatable bonds is 5. The maximum Gasteiger partial charge on any atom is 0.229 e. The number of hydrogen-bond acceptors (Lipinski definition) is 5. The van der Waals surface area contributed by atoms with E-state index in [1.165, 1.54) is 5.56 Å². The minimum Gasteiger partial charge on any atom is -0.497 e. The number of aryl methyl sites for hydroxylation is 3. The maximum atomic E-state index is 5.26. The molecule has 0 saturated heterocycles. The molecule has 2 N–H and O–H groups in total. The number of benzene rings is 2. The molecule has 1 heterocycles. The van der Waals surface area contributed by atoms with E-state index in [2.05, 4.69) is 52.6 Å². The van der Waals surface area contributed by atoms with Crippen molar-refractivity contribution in [3.8, 4) is 5.75 Å². The Labute approximate surface area is 148 Å². The van der Waals surface area contributed by atoms with E-state index in [1.807, 2.05) is 37.3 Å². The molecule has 0 spiro atoms. The molecule has 0 saturated carbocycles. The van der Waals surface area contributed by atoms with Crippen molar-refractivity contribution in [2.24, 2.45) is 0 Å². The minimum atomic E-state index is 0.569. The van der Waals surface area contributed by atoms with Crippen LogP contribution in [0.4, 0.5) is 23.1 Å². The smallest absolute Gasteiger partial charge is 0.229 e. The number of nitrogens with zero attached hydrogens (tertiary/aromatic N) is 2. The predicted molar refractivity (Wildman–Crippen MR) is 102 cm³/mol. The van der Waals surface area contributed by atoms with Crippen molar-refractivity contribution >= 4 is 23.1 Å². The fourth-order valence-electron chi connectivity index (χ4n) is 2.53. The summed E-state index contributed by atoms with van der Waals surface area (Å²) in [4.78, 5) is 9.06. The predicted octanol–water partition coefficient (Wildman–Crippen LogP) is 4.90. The van der Waals surface area contributed by atoms with E-state index in [0.29, 0.717) is 5.95 Å². The molecule has 0 fully saturated rings. The number of hydrogen-bond donors (Lipinski definition) is 2. The highest BCUT2D eigenvalue weighted by molar-refractivity contribution is 5.63. The molecule has 0 aliphatic heterocycles. The standard InChI is InChI=1S/C20H22N4O/c1-13-8-9-14(2)18(10-13)23-20-21-15(3)11-19(24-20)22-16-6-5-7-17(12-16)25-4/h5-12H,1-4H3,(H2,21,22,23,24). The molecular formula is C20H22N4O. The molecule has 5 nitrogen and oxygen atoms in total. The molecule has 0 bridgehead atoms.